The SMILES string of the molecule is C.CN(C)C/C=C/C(=O)N1CC2(CC(n3nc(-c4ccc(Oc5ccccc5)cc4)c(C(N)=O)c3N)C2)C1. The van der Waals surface area contributed by atoms with Crippen molar-refractivity contribution in [3.63, 3.8) is 0 Å². The minimum Gasteiger partial charge on any atom is -0.457 e. The van der Waals surface area contributed by atoms with Crippen LogP contribution >= 0.6 is 0 Å². The molecule has 9 nitrogen and oxygen atoms in total. The molecule has 1 saturated heterocycles. The standard InChI is InChI=1S/C28H32N6O3.CH4/c1-32(2)14-6-9-23(35)33-17-28(18-33)15-20(16-28)34-26(29)24(27(30)36)25(31-34)19-10-12-22(13-11-19)37-21-7-4-3-5-8-21;/h3-13,20H,14-18,29H2,1-2H3,(H2,30,36);1H4/b9-6+;. The zero-order valence-electron chi connectivity index (χ0n) is 21.1. The number of para-hydroxylation sites is 1. The summed E-state index contributed by atoms with van der Waals surface area (Å²) in [7, 11) is 3.93. The molecular weight excluding hydrogens is 480 g/mol. The number of likely N-dealkylation sites (N-methyl/N-ethyl adjacent to an activating group) is 1. The van der Waals surface area contributed by atoms with Crippen molar-refractivity contribution >= 4 is 17.6 Å². The number of nitrogens with zero attached hydrogens (tertiary/aromatic N) is 4. The highest BCUT2D eigenvalue weighted by molar-refractivity contribution is 6.03. The third-order valence-corrected chi connectivity index (χ3v) is 7.08. The fourth-order valence-electron chi connectivity index (χ4n) is 5.24. The fourth-order valence-corrected chi connectivity index (χ4v) is 5.24. The van der Waals surface area contributed by atoms with Gasteiger partial charge in [0.25, 0.3) is 5.91 Å². The third kappa shape index (κ3) is 5.28. The number of amides is 2. The molecule has 1 aliphatic carbocycles. The number of carbonyl (C=O) groups is 2. The summed E-state index contributed by atoms with van der Waals surface area (Å²) in [5.74, 6) is 1.13. The lowest BCUT2D eigenvalue weighted by atomic mass is 9.60. The third-order valence-electron chi connectivity index (χ3n) is 7.08. The van der Waals surface area contributed by atoms with Crippen molar-refractivity contribution in [1.29, 1.82) is 0 Å². The molecule has 38 heavy (non-hydrogen) atoms. The maximum atomic E-state index is 12.4. The Morgan fingerprint density at radius 1 is 1.08 bits per heavy atom. The summed E-state index contributed by atoms with van der Waals surface area (Å²) in [4.78, 5) is 28.6. The second kappa shape index (κ2) is 10.7. The maximum absolute atomic E-state index is 12.4. The number of hydrogen-bond acceptors (Lipinski definition) is 6. The lowest BCUT2D eigenvalue weighted by molar-refractivity contribution is -0.149. The summed E-state index contributed by atoms with van der Waals surface area (Å²) >= 11 is 0. The van der Waals surface area contributed by atoms with Gasteiger partial charge in [0, 0.05) is 36.7 Å². The number of nitrogen functional groups attached to an aromatic ring is 1. The van der Waals surface area contributed by atoms with E-state index in [0.717, 1.165) is 43.8 Å². The lowest BCUT2D eigenvalue weighted by Crippen LogP contribution is -2.63. The van der Waals surface area contributed by atoms with Crippen LogP contribution in [0.2, 0.25) is 0 Å². The number of nitrogens with two attached hydrogens (primary N) is 2. The molecule has 1 aliphatic heterocycles. The van der Waals surface area contributed by atoms with Gasteiger partial charge in [0.05, 0.1) is 6.04 Å². The number of anilines is 1. The molecule has 3 aromatic rings. The van der Waals surface area contributed by atoms with Gasteiger partial charge >= 0.3 is 0 Å². The number of benzene rings is 2. The number of likely N-dealkylation sites (tertiary alicyclic amines) is 1. The average Bonchev–Trinajstić information content (AvgIpc) is 3.15. The highest BCUT2D eigenvalue weighted by Gasteiger charge is 2.54. The van der Waals surface area contributed by atoms with Gasteiger partial charge in [-0.15, -0.1) is 0 Å². The van der Waals surface area contributed by atoms with Gasteiger partial charge in [-0.1, -0.05) is 31.7 Å². The molecule has 9 heteroatoms. The average molecular weight is 517 g/mol. The summed E-state index contributed by atoms with van der Waals surface area (Å²) in [6, 6.07) is 16.9. The van der Waals surface area contributed by atoms with Gasteiger partial charge in [0.15, 0.2) is 0 Å². The maximum Gasteiger partial charge on any atom is 0.254 e. The van der Waals surface area contributed by atoms with Crippen LogP contribution < -0.4 is 16.2 Å². The highest BCUT2D eigenvalue weighted by atomic mass is 16.5. The first-order valence-corrected chi connectivity index (χ1v) is 12.4. The molecule has 2 amide bonds. The number of hydrogen-bond donors (Lipinski definition) is 2. The van der Waals surface area contributed by atoms with Crippen LogP contribution in [0.25, 0.3) is 11.3 Å². The summed E-state index contributed by atoms with van der Waals surface area (Å²) in [5, 5.41) is 4.73. The van der Waals surface area contributed by atoms with Crippen LogP contribution in [0.4, 0.5) is 5.82 Å². The first kappa shape index (κ1) is 26.9. The van der Waals surface area contributed by atoms with Gasteiger partial charge < -0.3 is 26.0 Å². The first-order valence-electron chi connectivity index (χ1n) is 12.4. The minimum atomic E-state index is -0.609. The van der Waals surface area contributed by atoms with E-state index in [9.17, 15) is 9.59 Å². The van der Waals surface area contributed by atoms with Crippen molar-refractivity contribution in [3.05, 3.63) is 72.3 Å². The van der Waals surface area contributed by atoms with E-state index in [1.54, 1.807) is 10.8 Å². The number of ether oxygens (including phenoxy) is 1. The van der Waals surface area contributed by atoms with Gasteiger partial charge in [-0.3, -0.25) is 9.59 Å². The van der Waals surface area contributed by atoms with Gasteiger partial charge in [-0.25, -0.2) is 4.68 Å². The molecule has 4 N–H and O–H groups in total. The van der Waals surface area contributed by atoms with E-state index in [0.29, 0.717) is 11.4 Å². The minimum absolute atomic E-state index is 0. The molecule has 5 rings (SSSR count). The molecule has 200 valence electrons. The fraction of sp³-hybridized carbons (Fsp3) is 0.345. The van der Waals surface area contributed by atoms with Crippen molar-refractivity contribution in [3.8, 4) is 22.8 Å². The molecule has 0 bridgehead atoms. The van der Waals surface area contributed by atoms with Crippen molar-refractivity contribution in [2.75, 3.05) is 39.5 Å². The van der Waals surface area contributed by atoms with Crippen molar-refractivity contribution in [2.24, 2.45) is 11.1 Å². The smallest absolute Gasteiger partial charge is 0.254 e. The molecule has 1 spiro atoms. The number of primary amides is 1. The molecule has 2 aliphatic rings. The summed E-state index contributed by atoms with van der Waals surface area (Å²) in [6.45, 7) is 2.20. The second-order valence-electron chi connectivity index (χ2n) is 10.3. The van der Waals surface area contributed by atoms with Crippen LogP contribution in [-0.2, 0) is 4.79 Å². The van der Waals surface area contributed by atoms with Crippen LogP contribution in [0.3, 0.4) is 0 Å². The summed E-state index contributed by atoms with van der Waals surface area (Å²) in [6.07, 6.45) is 5.24. The van der Waals surface area contributed by atoms with Crippen LogP contribution in [-0.4, -0.2) is 65.1 Å². The predicted octanol–water partition coefficient (Wildman–Crippen LogP) is 3.94. The molecule has 2 aromatic carbocycles. The quantitative estimate of drug-likeness (QED) is 0.438. The first-order chi connectivity index (χ1) is 17.7. The topological polar surface area (TPSA) is 120 Å². The number of carbonyl (C=O) groups excluding carboxylic acids is 2. The number of aromatic nitrogens is 2. The van der Waals surface area contributed by atoms with E-state index in [1.807, 2.05) is 84.6 Å². The van der Waals surface area contributed by atoms with Gasteiger partial charge in [0.2, 0.25) is 5.91 Å². The zero-order chi connectivity index (χ0) is 26.2. The van der Waals surface area contributed by atoms with E-state index in [1.165, 1.54) is 0 Å². The van der Waals surface area contributed by atoms with Crippen LogP contribution in [0.1, 0.15) is 36.7 Å². The summed E-state index contributed by atoms with van der Waals surface area (Å²) in [5.41, 5.74) is 13.6. The Hall–Kier alpha value is -4.11. The Bertz CT molecular complexity index is 1320. The highest BCUT2D eigenvalue weighted by Crippen LogP contribution is 2.55. The van der Waals surface area contributed by atoms with E-state index < -0.39 is 5.91 Å². The monoisotopic (exact) mass is 516 g/mol. The molecule has 0 radical (unpaired) electrons. The largest absolute Gasteiger partial charge is 0.457 e. The van der Waals surface area contributed by atoms with Crippen LogP contribution in [0.5, 0.6) is 11.5 Å². The van der Waals surface area contributed by atoms with E-state index in [2.05, 4.69) is 0 Å². The van der Waals surface area contributed by atoms with Crippen LogP contribution in [0.15, 0.2) is 66.7 Å². The van der Waals surface area contributed by atoms with E-state index in [4.69, 9.17) is 21.3 Å². The molecular formula is C29H36N6O3. The Labute approximate surface area is 223 Å². The van der Waals surface area contributed by atoms with Crippen molar-refractivity contribution in [1.82, 2.24) is 19.6 Å². The summed E-state index contributed by atoms with van der Waals surface area (Å²) < 4.78 is 7.60. The Morgan fingerprint density at radius 3 is 2.32 bits per heavy atom. The zero-order valence-corrected chi connectivity index (χ0v) is 21.1. The Balaban J connectivity index is 0.00000336. The van der Waals surface area contributed by atoms with E-state index >= 15 is 0 Å². The molecule has 0 unspecified atom stereocenters. The van der Waals surface area contributed by atoms with Gasteiger partial charge in [-0.2, -0.15) is 5.10 Å². The molecule has 1 saturated carbocycles. The molecule has 2 fully saturated rings. The van der Waals surface area contributed by atoms with Crippen molar-refractivity contribution < 1.29 is 14.3 Å². The molecule has 2 heterocycles. The van der Waals surface area contributed by atoms with E-state index in [-0.39, 0.29) is 36.2 Å². The Kier molecular flexibility index (Phi) is 7.59. The lowest BCUT2D eigenvalue weighted by Gasteiger charge is -2.58. The van der Waals surface area contributed by atoms with Gasteiger partial charge in [0.1, 0.15) is 28.6 Å². The Morgan fingerprint density at radius 2 is 1.71 bits per heavy atom. The van der Waals surface area contributed by atoms with Crippen molar-refractivity contribution in [2.45, 2.75) is 26.3 Å². The van der Waals surface area contributed by atoms with Gasteiger partial charge in [-0.05, 0) is 63.3 Å². The normalized spacial score (nSPS) is 16.2. The predicted molar refractivity (Wildman–Crippen MR) is 149 cm³/mol. The molecule has 1 aromatic heterocycles. The number of rotatable bonds is 8. The second-order valence-corrected chi connectivity index (χ2v) is 10.3. The van der Waals surface area contributed by atoms with Crippen LogP contribution in [0, 0.1) is 5.41 Å². The molecule has 0 atom stereocenters.